The van der Waals surface area contributed by atoms with Crippen LogP contribution in [0.1, 0.15) is 22.3 Å². The van der Waals surface area contributed by atoms with Crippen molar-refractivity contribution >= 4 is 68.7 Å². The number of hydrogen-bond donors (Lipinski definition) is 3. The summed E-state index contributed by atoms with van der Waals surface area (Å²) in [5.41, 5.74) is 4.49. The van der Waals surface area contributed by atoms with Crippen LogP contribution in [-0.4, -0.2) is 21.5 Å². The molecule has 0 aliphatic carbocycles. The lowest BCUT2D eigenvalue weighted by Gasteiger charge is -2.08. The molecular weight excluding hydrogens is 568 g/mol. The molecule has 3 rings (SSSR count). The molecule has 6 nitrogen and oxygen atoms in total. The van der Waals surface area contributed by atoms with Crippen molar-refractivity contribution in [3.8, 4) is 11.8 Å². The normalized spacial score (nSPS) is 10.9. The molecule has 0 unspecified atom stereocenters. The second-order valence-corrected chi connectivity index (χ2v) is 7.21. The van der Waals surface area contributed by atoms with Gasteiger partial charge in [-0.1, -0.05) is 51.2 Å². The van der Waals surface area contributed by atoms with Crippen molar-refractivity contribution in [2.45, 2.75) is 8.86 Å². The molecule has 0 spiro atoms. The van der Waals surface area contributed by atoms with Gasteiger partial charge in [-0.2, -0.15) is 10.4 Å². The molecule has 0 atom stereocenters. The van der Waals surface area contributed by atoms with Crippen molar-refractivity contribution < 1.29 is 5.11 Å². The van der Waals surface area contributed by atoms with Gasteiger partial charge >= 0.3 is 0 Å². The van der Waals surface area contributed by atoms with Crippen LogP contribution in [0.4, 0.5) is 17.3 Å². The summed E-state index contributed by atoms with van der Waals surface area (Å²) in [4.78, 5) is 4.29. The van der Waals surface area contributed by atoms with Crippen LogP contribution in [0.5, 0.6) is 5.75 Å². The minimum Gasteiger partial charge on any atom is -0.508 e. The van der Waals surface area contributed by atoms with Crippen molar-refractivity contribution in [3.05, 3.63) is 64.7 Å². The fourth-order valence-electron chi connectivity index (χ4n) is 2.45. The minimum absolute atomic E-state index is 0.190. The number of halogens is 2. The quantitative estimate of drug-likeness (QED) is 0.207. The van der Waals surface area contributed by atoms with E-state index in [1.807, 2.05) is 0 Å². The van der Waals surface area contributed by atoms with E-state index in [1.54, 1.807) is 30.5 Å². The highest BCUT2D eigenvalue weighted by molar-refractivity contribution is 14.1. The maximum atomic E-state index is 9.54. The zero-order valence-corrected chi connectivity index (χ0v) is 18.4. The van der Waals surface area contributed by atoms with Crippen LogP contribution in [-0.2, 0) is 8.86 Å². The number of alkyl halides is 2. The zero-order chi connectivity index (χ0) is 19.2. The summed E-state index contributed by atoms with van der Waals surface area (Å²) in [5.74, 6) is 1.02. The summed E-state index contributed by atoms with van der Waals surface area (Å²) in [6.07, 6.45) is 1.60. The number of aromatic nitrogens is 2. The van der Waals surface area contributed by atoms with Gasteiger partial charge in [0.1, 0.15) is 23.2 Å². The highest BCUT2D eigenvalue weighted by Crippen LogP contribution is 2.27. The van der Waals surface area contributed by atoms with Gasteiger partial charge in [-0.05, 0) is 53.1 Å². The van der Waals surface area contributed by atoms with Gasteiger partial charge in [-0.25, -0.2) is 4.99 Å². The Kier molecular flexibility index (Phi) is 6.68. The number of anilines is 2. The molecule has 0 saturated heterocycles. The largest absolute Gasteiger partial charge is 0.508 e. The molecule has 0 amide bonds. The fourth-order valence-corrected chi connectivity index (χ4v) is 3.33. The molecule has 0 aliphatic heterocycles. The predicted octanol–water partition coefficient (Wildman–Crippen LogP) is 5.35. The highest BCUT2D eigenvalue weighted by Gasteiger charge is 2.13. The standard InChI is InChI=1S/C19H15I2N5O/c20-8-13-5-14(9-21)7-15(6-13)24-19-17(10-22)18(25-26-19)23-11-12-1-3-16(27)4-2-12/h1-7,11,27H,8-9H2,(H2,24,25,26). The smallest absolute Gasteiger partial charge is 0.193 e. The summed E-state index contributed by atoms with van der Waals surface area (Å²) in [6.45, 7) is 0. The SMILES string of the molecule is N#Cc1c(N=Cc2ccc(O)cc2)n[nH]c1Nc1cc(CI)cc(CI)c1. The van der Waals surface area contributed by atoms with E-state index < -0.39 is 0 Å². The van der Waals surface area contributed by atoms with E-state index >= 15 is 0 Å². The molecule has 27 heavy (non-hydrogen) atoms. The summed E-state index contributed by atoms with van der Waals surface area (Å²) < 4.78 is 1.82. The van der Waals surface area contributed by atoms with Crippen LogP contribution in [0.2, 0.25) is 0 Å². The van der Waals surface area contributed by atoms with E-state index in [9.17, 15) is 10.4 Å². The van der Waals surface area contributed by atoms with Crippen molar-refractivity contribution in [3.63, 3.8) is 0 Å². The van der Waals surface area contributed by atoms with Gasteiger partial charge in [0.05, 0.1) is 0 Å². The van der Waals surface area contributed by atoms with E-state index in [4.69, 9.17) is 0 Å². The Morgan fingerprint density at radius 3 is 2.41 bits per heavy atom. The number of phenolic OH excluding ortho intramolecular Hbond substituents is 1. The zero-order valence-electron chi connectivity index (χ0n) is 14.1. The molecule has 8 heteroatoms. The first-order valence-corrected chi connectivity index (χ1v) is 11.0. The number of hydrogen-bond acceptors (Lipinski definition) is 5. The number of phenols is 1. The first-order chi connectivity index (χ1) is 13.1. The molecule has 0 aliphatic rings. The van der Waals surface area contributed by atoms with Crippen molar-refractivity contribution in [1.29, 1.82) is 5.26 Å². The minimum atomic E-state index is 0.190. The lowest BCUT2D eigenvalue weighted by Crippen LogP contribution is -1.95. The van der Waals surface area contributed by atoms with Gasteiger partial charge < -0.3 is 10.4 Å². The molecule has 0 bridgehead atoms. The Morgan fingerprint density at radius 1 is 1.15 bits per heavy atom. The molecule has 1 aromatic heterocycles. The second kappa shape index (κ2) is 9.18. The molecule has 3 N–H and O–H groups in total. The molecule has 136 valence electrons. The van der Waals surface area contributed by atoms with Crippen molar-refractivity contribution in [2.24, 2.45) is 4.99 Å². The average Bonchev–Trinajstić information content (AvgIpc) is 3.08. The number of benzene rings is 2. The highest BCUT2D eigenvalue weighted by atomic mass is 127. The molecule has 0 fully saturated rings. The molecule has 0 radical (unpaired) electrons. The Bertz CT molecular complexity index is 984. The van der Waals surface area contributed by atoms with E-state index in [0.717, 1.165) is 20.1 Å². The van der Waals surface area contributed by atoms with Crippen LogP contribution in [0.15, 0.2) is 47.5 Å². The van der Waals surface area contributed by atoms with E-state index in [2.05, 4.69) is 90.0 Å². The number of aliphatic imine (C=N–C) groups is 1. The number of aromatic hydroxyl groups is 1. The van der Waals surface area contributed by atoms with E-state index in [0.29, 0.717) is 17.2 Å². The van der Waals surface area contributed by atoms with Gasteiger partial charge in [-0.3, -0.25) is 5.10 Å². The van der Waals surface area contributed by atoms with Gasteiger partial charge in [-0.15, -0.1) is 0 Å². The average molecular weight is 583 g/mol. The lowest BCUT2D eigenvalue weighted by atomic mass is 10.1. The third kappa shape index (κ3) is 4.98. The maximum Gasteiger partial charge on any atom is 0.193 e. The Morgan fingerprint density at radius 2 is 1.81 bits per heavy atom. The molecule has 1 heterocycles. The molecule has 2 aromatic carbocycles. The van der Waals surface area contributed by atoms with Crippen molar-refractivity contribution in [2.75, 3.05) is 5.32 Å². The van der Waals surface area contributed by atoms with Gasteiger partial charge in [0.2, 0.25) is 0 Å². The molecule has 0 saturated carbocycles. The Hall–Kier alpha value is -2.13. The van der Waals surface area contributed by atoms with Crippen molar-refractivity contribution in [1.82, 2.24) is 10.2 Å². The Balaban J connectivity index is 1.86. The van der Waals surface area contributed by atoms with Crippen LogP contribution in [0.25, 0.3) is 0 Å². The van der Waals surface area contributed by atoms with Crippen LogP contribution in [0, 0.1) is 11.3 Å². The number of nitrogens with one attached hydrogen (secondary N) is 2. The third-order valence-electron chi connectivity index (χ3n) is 3.72. The van der Waals surface area contributed by atoms with E-state index in [-0.39, 0.29) is 5.75 Å². The second-order valence-electron chi connectivity index (χ2n) is 5.69. The van der Waals surface area contributed by atoms with Crippen LogP contribution in [0.3, 0.4) is 0 Å². The summed E-state index contributed by atoms with van der Waals surface area (Å²) >= 11 is 4.67. The number of H-pyrrole nitrogens is 1. The van der Waals surface area contributed by atoms with Crippen LogP contribution >= 0.6 is 45.2 Å². The lowest BCUT2D eigenvalue weighted by molar-refractivity contribution is 0.475. The number of aromatic amines is 1. The van der Waals surface area contributed by atoms with Gasteiger partial charge in [0.25, 0.3) is 0 Å². The van der Waals surface area contributed by atoms with Gasteiger partial charge in [0.15, 0.2) is 5.82 Å². The molecular formula is C19H15I2N5O. The topological polar surface area (TPSA) is 97.1 Å². The summed E-state index contributed by atoms with van der Waals surface area (Å²) in [7, 11) is 0. The Labute approximate surface area is 184 Å². The molecule has 3 aromatic rings. The summed E-state index contributed by atoms with van der Waals surface area (Å²) in [5, 5.41) is 29.1. The van der Waals surface area contributed by atoms with E-state index in [1.165, 1.54) is 11.1 Å². The number of rotatable bonds is 6. The number of nitrogens with zero attached hydrogens (tertiary/aromatic N) is 3. The number of nitriles is 1. The monoisotopic (exact) mass is 583 g/mol. The predicted molar refractivity (Wildman–Crippen MR) is 124 cm³/mol. The fraction of sp³-hybridized carbons (Fsp3) is 0.105. The first-order valence-electron chi connectivity index (χ1n) is 7.96. The first kappa shape index (κ1) is 19.6. The van der Waals surface area contributed by atoms with Gasteiger partial charge in [0, 0.05) is 20.8 Å². The summed E-state index contributed by atoms with van der Waals surface area (Å²) in [6, 6.07) is 15.1. The third-order valence-corrected chi connectivity index (χ3v) is 5.48. The van der Waals surface area contributed by atoms with Crippen LogP contribution < -0.4 is 5.32 Å². The maximum absolute atomic E-state index is 9.54.